The number of rotatable bonds is 10. The molecule has 0 amide bonds. The van der Waals surface area contributed by atoms with E-state index in [2.05, 4.69) is 24.5 Å². The van der Waals surface area contributed by atoms with Crippen molar-refractivity contribution in [3.05, 3.63) is 0 Å². The van der Waals surface area contributed by atoms with E-state index in [1.807, 2.05) is 0 Å². The molecule has 1 fully saturated rings. The van der Waals surface area contributed by atoms with Crippen LogP contribution in [0, 0.1) is 0 Å². The van der Waals surface area contributed by atoms with Crippen molar-refractivity contribution in [3.8, 4) is 0 Å². The largest absolute Gasteiger partial charge is 0.396 e. The third-order valence-corrected chi connectivity index (χ3v) is 9.46. The summed E-state index contributed by atoms with van der Waals surface area (Å²) in [5.41, 5.74) is 5.40. The maximum atomic E-state index is 6.23. The highest BCUT2D eigenvalue weighted by atomic mass is 28.4. The van der Waals surface area contributed by atoms with E-state index in [1.165, 1.54) is 0 Å². The van der Waals surface area contributed by atoms with Crippen LogP contribution < -0.4 is 16.4 Å². The van der Waals surface area contributed by atoms with E-state index in [-0.39, 0.29) is 5.66 Å². The molecule has 22 heavy (non-hydrogen) atoms. The molecule has 6 nitrogen and oxygen atoms in total. The molecule has 132 valence electrons. The van der Waals surface area contributed by atoms with Crippen molar-refractivity contribution in [1.29, 1.82) is 0 Å². The first kappa shape index (κ1) is 20.0. The van der Waals surface area contributed by atoms with Crippen LogP contribution in [-0.4, -0.2) is 60.4 Å². The molecule has 0 radical (unpaired) electrons. The molecule has 0 spiro atoms. The van der Waals surface area contributed by atoms with E-state index < -0.39 is 13.8 Å². The lowest BCUT2D eigenvalue weighted by Crippen LogP contribution is -2.83. The van der Waals surface area contributed by atoms with Gasteiger partial charge in [-0.05, 0) is 31.9 Å². The monoisotopic (exact) mass is 333 g/mol. The van der Waals surface area contributed by atoms with E-state index >= 15 is 0 Å². The lowest BCUT2D eigenvalue weighted by molar-refractivity contribution is -0.0931. The Hall–Kier alpha value is -0.0231. The van der Waals surface area contributed by atoms with Crippen LogP contribution >= 0.6 is 0 Å². The second-order valence-corrected chi connectivity index (χ2v) is 9.58. The minimum Gasteiger partial charge on any atom is -0.396 e. The summed E-state index contributed by atoms with van der Waals surface area (Å²) in [6, 6.07) is 0.950. The molecule has 2 unspecified atom stereocenters. The standard InChI is InChI=1S/C15H35N3O3Si/c1-6-9-15(19-3)14(17-7-2,18-12-11-16)10-8-13-22(15,20-4)21-5/h17-18H,6-13,16H2,1-5H3. The van der Waals surface area contributed by atoms with Gasteiger partial charge in [0.2, 0.25) is 0 Å². The molecule has 7 heteroatoms. The Bertz CT molecular complexity index is 327. The number of likely N-dealkylation sites (N-methyl/N-ethyl adjacent to an activating group) is 1. The first-order valence-electron chi connectivity index (χ1n) is 8.43. The minimum atomic E-state index is -2.54. The van der Waals surface area contributed by atoms with Crippen LogP contribution in [0.3, 0.4) is 0 Å². The van der Waals surface area contributed by atoms with Gasteiger partial charge in [-0.25, -0.2) is 0 Å². The fraction of sp³-hybridized carbons (Fsp3) is 1.00. The van der Waals surface area contributed by atoms with Gasteiger partial charge in [0.25, 0.3) is 0 Å². The van der Waals surface area contributed by atoms with E-state index in [4.69, 9.17) is 19.3 Å². The van der Waals surface area contributed by atoms with Gasteiger partial charge < -0.3 is 19.3 Å². The van der Waals surface area contributed by atoms with Crippen LogP contribution in [0.4, 0.5) is 0 Å². The van der Waals surface area contributed by atoms with Crippen molar-refractivity contribution >= 4 is 8.56 Å². The highest BCUT2D eigenvalue weighted by Crippen LogP contribution is 2.47. The summed E-state index contributed by atoms with van der Waals surface area (Å²) in [5, 5.41) is 6.83. The zero-order valence-corrected chi connectivity index (χ0v) is 16.0. The minimum absolute atomic E-state index is 0.359. The van der Waals surface area contributed by atoms with Crippen molar-refractivity contribution in [2.24, 2.45) is 5.73 Å². The molecule has 0 aliphatic carbocycles. The molecule has 0 saturated carbocycles. The average Bonchev–Trinajstić information content (AvgIpc) is 2.55. The normalized spacial score (nSPS) is 31.4. The van der Waals surface area contributed by atoms with Gasteiger partial charge in [-0.1, -0.05) is 20.3 Å². The Kier molecular flexibility index (Phi) is 7.94. The molecule has 1 aliphatic rings. The number of ether oxygens (including phenoxy) is 1. The molecule has 4 N–H and O–H groups in total. The molecule has 0 aromatic heterocycles. The highest BCUT2D eigenvalue weighted by molar-refractivity contribution is 6.71. The van der Waals surface area contributed by atoms with Crippen molar-refractivity contribution < 1.29 is 13.6 Å². The Balaban J connectivity index is 3.40. The molecule has 0 aromatic carbocycles. The molecule has 1 heterocycles. The summed E-state index contributed by atoms with van der Waals surface area (Å²) < 4.78 is 18.3. The predicted octanol–water partition coefficient (Wildman–Crippen LogP) is 1.09. The number of nitrogens with two attached hydrogens (primary N) is 1. The second kappa shape index (κ2) is 8.72. The van der Waals surface area contributed by atoms with Gasteiger partial charge in [-0.3, -0.25) is 10.6 Å². The van der Waals surface area contributed by atoms with Gasteiger partial charge in [-0.2, -0.15) is 0 Å². The zero-order chi connectivity index (χ0) is 16.7. The maximum absolute atomic E-state index is 6.23. The first-order chi connectivity index (χ1) is 10.6. The van der Waals surface area contributed by atoms with Crippen LogP contribution in [0.25, 0.3) is 0 Å². The summed E-state index contributed by atoms with van der Waals surface area (Å²) in [7, 11) is 2.78. The zero-order valence-electron chi connectivity index (χ0n) is 15.0. The van der Waals surface area contributed by atoms with Gasteiger partial charge in [0.1, 0.15) is 10.9 Å². The van der Waals surface area contributed by atoms with E-state index in [9.17, 15) is 0 Å². The van der Waals surface area contributed by atoms with Crippen molar-refractivity contribution in [2.75, 3.05) is 41.0 Å². The van der Waals surface area contributed by atoms with E-state index in [0.717, 1.165) is 44.8 Å². The summed E-state index contributed by atoms with van der Waals surface area (Å²) >= 11 is 0. The molecular formula is C15H35N3O3Si. The molecule has 2 atom stereocenters. The van der Waals surface area contributed by atoms with Crippen molar-refractivity contribution in [3.63, 3.8) is 0 Å². The Morgan fingerprint density at radius 1 is 1.14 bits per heavy atom. The molecule has 1 aliphatic heterocycles. The topological polar surface area (TPSA) is 77.8 Å². The van der Waals surface area contributed by atoms with Crippen LogP contribution in [0.2, 0.25) is 6.04 Å². The first-order valence-corrected chi connectivity index (χ1v) is 10.5. The van der Waals surface area contributed by atoms with E-state index in [1.54, 1.807) is 21.3 Å². The van der Waals surface area contributed by atoms with Crippen LogP contribution in [0.5, 0.6) is 0 Å². The summed E-state index contributed by atoms with van der Waals surface area (Å²) in [6.07, 6.45) is 3.93. The maximum Gasteiger partial charge on any atom is 0.374 e. The second-order valence-electron chi connectivity index (χ2n) is 5.95. The third kappa shape index (κ3) is 3.13. The van der Waals surface area contributed by atoms with Crippen molar-refractivity contribution in [2.45, 2.75) is 56.5 Å². The molecule has 0 aromatic rings. The van der Waals surface area contributed by atoms with Gasteiger partial charge in [0.15, 0.2) is 0 Å². The molecule has 0 bridgehead atoms. The lowest BCUT2D eigenvalue weighted by Gasteiger charge is -2.59. The lowest BCUT2D eigenvalue weighted by atomic mass is 9.91. The SMILES string of the molecule is CCCC1(OC)C(NCC)(NCCN)CCC[Si]1(OC)OC. The quantitative estimate of drug-likeness (QED) is 0.410. The predicted molar refractivity (Wildman–Crippen MR) is 91.9 cm³/mol. The van der Waals surface area contributed by atoms with Gasteiger partial charge in [0, 0.05) is 34.4 Å². The number of hydrogen-bond donors (Lipinski definition) is 3. The number of hydrogen-bond acceptors (Lipinski definition) is 6. The molecule has 1 rings (SSSR count). The Morgan fingerprint density at radius 3 is 2.27 bits per heavy atom. The number of nitrogens with one attached hydrogen (secondary N) is 2. The van der Waals surface area contributed by atoms with Gasteiger partial charge >= 0.3 is 8.56 Å². The molecular weight excluding hydrogens is 298 g/mol. The Labute approximate surface area is 136 Å². The fourth-order valence-electron chi connectivity index (χ4n) is 4.23. The van der Waals surface area contributed by atoms with Crippen LogP contribution in [0.1, 0.15) is 39.5 Å². The van der Waals surface area contributed by atoms with E-state index in [0.29, 0.717) is 6.54 Å². The average molecular weight is 334 g/mol. The fourth-order valence-corrected chi connectivity index (χ4v) is 8.41. The smallest absolute Gasteiger partial charge is 0.374 e. The number of methoxy groups -OCH3 is 1. The third-order valence-electron chi connectivity index (χ3n) is 5.02. The highest BCUT2D eigenvalue weighted by Gasteiger charge is 2.69. The van der Waals surface area contributed by atoms with Crippen molar-refractivity contribution in [1.82, 2.24) is 10.6 Å². The van der Waals surface area contributed by atoms with Gasteiger partial charge in [0.05, 0.1) is 0 Å². The van der Waals surface area contributed by atoms with Gasteiger partial charge in [-0.15, -0.1) is 0 Å². The van der Waals surface area contributed by atoms with Crippen LogP contribution in [-0.2, 0) is 13.6 Å². The van der Waals surface area contributed by atoms with Crippen LogP contribution in [0.15, 0.2) is 0 Å². The Morgan fingerprint density at radius 2 is 1.82 bits per heavy atom. The summed E-state index contributed by atoms with van der Waals surface area (Å²) in [5.74, 6) is 0. The molecule has 1 saturated heterocycles. The summed E-state index contributed by atoms with van der Waals surface area (Å²) in [4.78, 5) is 0. The summed E-state index contributed by atoms with van der Waals surface area (Å²) in [6.45, 7) is 6.48.